The molecule has 3 aromatic carbocycles. The molecule has 12 heteroatoms. The fourth-order valence-electron chi connectivity index (χ4n) is 4.85. The normalized spacial score (nSPS) is 15.9. The van der Waals surface area contributed by atoms with Crippen LogP contribution in [-0.4, -0.2) is 32.0 Å². The summed E-state index contributed by atoms with van der Waals surface area (Å²) in [6, 6.07) is 22.5. The van der Waals surface area contributed by atoms with E-state index in [4.69, 9.17) is 27.9 Å². The van der Waals surface area contributed by atoms with E-state index in [1.165, 1.54) is 16.7 Å². The molecule has 0 saturated carbocycles. The number of ether oxygens (including phenoxy) is 1. The molecule has 2 aromatic heterocycles. The first kappa shape index (κ1) is 30.8. The molecule has 1 saturated heterocycles. The Morgan fingerprint density at radius 3 is 2.58 bits per heavy atom. The number of carbonyl (C=O) groups is 2. The van der Waals surface area contributed by atoms with Gasteiger partial charge in [-0.15, -0.1) is 10.2 Å². The van der Waals surface area contributed by atoms with E-state index in [-0.39, 0.29) is 16.5 Å². The van der Waals surface area contributed by atoms with E-state index in [0.29, 0.717) is 43.6 Å². The number of hydrogen-bond donors (Lipinski definition) is 1. The molecule has 1 N–H and O–H groups in total. The van der Waals surface area contributed by atoms with Crippen molar-refractivity contribution in [2.75, 3.05) is 4.90 Å². The number of amides is 1. The third-order valence-electron chi connectivity index (χ3n) is 7.03. The molecule has 3 heterocycles. The van der Waals surface area contributed by atoms with Crippen molar-refractivity contribution in [1.29, 1.82) is 0 Å². The average Bonchev–Trinajstić information content (AvgIpc) is 3.61. The van der Waals surface area contributed by atoms with Crippen LogP contribution in [0.15, 0.2) is 101 Å². The number of ketones is 1. The van der Waals surface area contributed by atoms with Gasteiger partial charge in [-0.2, -0.15) is 0 Å². The standard InChI is InChI=1S/C33H24Cl2N4O4S2/c1-19-4-2-5-20(14-19)17-43-25-11-8-21(9-12-25)29(40)27-28(22-6-3-13-36-16-22)39(31(42)30(27)41)32-37-38-33(45-32)44-18-23-7-10-24(34)15-26(23)35/h2-16,28,40H,17-18H2,1H3/b29-27+. The van der Waals surface area contributed by atoms with E-state index < -0.39 is 17.7 Å². The molecule has 1 unspecified atom stereocenters. The SMILES string of the molecule is Cc1cccc(COc2ccc(/C(O)=C3\C(=O)C(=O)N(c4nnc(SCc5ccc(Cl)cc5Cl)s4)C3c3cccnc3)cc2)c1. The number of Topliss-reactive ketones (excluding diaryl/α,β-unsaturated/α-hetero) is 1. The highest BCUT2D eigenvalue weighted by molar-refractivity contribution is 8.00. The Balaban J connectivity index is 1.28. The molecular weight excluding hydrogens is 651 g/mol. The number of anilines is 1. The smallest absolute Gasteiger partial charge is 0.301 e. The van der Waals surface area contributed by atoms with Crippen molar-refractivity contribution in [3.63, 3.8) is 0 Å². The molecule has 0 bridgehead atoms. The largest absolute Gasteiger partial charge is 0.507 e. The van der Waals surface area contributed by atoms with Gasteiger partial charge in [0.05, 0.1) is 11.6 Å². The maximum Gasteiger partial charge on any atom is 0.301 e. The van der Waals surface area contributed by atoms with Crippen LogP contribution in [0.5, 0.6) is 5.75 Å². The second kappa shape index (κ2) is 13.4. The first-order chi connectivity index (χ1) is 21.8. The molecule has 6 rings (SSSR count). The van der Waals surface area contributed by atoms with Crippen molar-refractivity contribution in [2.24, 2.45) is 0 Å². The van der Waals surface area contributed by atoms with Gasteiger partial charge in [0.2, 0.25) is 5.13 Å². The minimum atomic E-state index is -0.965. The lowest BCUT2D eigenvalue weighted by Crippen LogP contribution is -2.29. The number of halogens is 2. The summed E-state index contributed by atoms with van der Waals surface area (Å²) in [6.45, 7) is 2.40. The van der Waals surface area contributed by atoms with Crippen LogP contribution in [0.25, 0.3) is 5.76 Å². The maximum absolute atomic E-state index is 13.5. The molecule has 1 fully saturated rings. The number of rotatable bonds is 9. The van der Waals surface area contributed by atoms with Crippen LogP contribution in [0.4, 0.5) is 5.13 Å². The van der Waals surface area contributed by atoms with Crippen molar-refractivity contribution < 1.29 is 19.4 Å². The predicted molar refractivity (Wildman–Crippen MR) is 177 cm³/mol. The lowest BCUT2D eigenvalue weighted by molar-refractivity contribution is -0.132. The van der Waals surface area contributed by atoms with Gasteiger partial charge in [-0.3, -0.25) is 19.5 Å². The monoisotopic (exact) mass is 674 g/mol. The van der Waals surface area contributed by atoms with Crippen molar-refractivity contribution in [1.82, 2.24) is 15.2 Å². The number of aryl methyl sites for hydroxylation is 1. The third kappa shape index (κ3) is 6.74. The van der Waals surface area contributed by atoms with Gasteiger partial charge >= 0.3 is 5.91 Å². The van der Waals surface area contributed by atoms with E-state index in [1.807, 2.05) is 37.3 Å². The second-order valence-electron chi connectivity index (χ2n) is 10.1. The van der Waals surface area contributed by atoms with Crippen molar-refractivity contribution in [2.45, 2.75) is 29.7 Å². The predicted octanol–water partition coefficient (Wildman–Crippen LogP) is 8.05. The van der Waals surface area contributed by atoms with Gasteiger partial charge in [0.1, 0.15) is 18.1 Å². The molecule has 0 radical (unpaired) electrons. The third-order valence-corrected chi connectivity index (χ3v) is 9.72. The van der Waals surface area contributed by atoms with Crippen LogP contribution in [0.1, 0.15) is 33.9 Å². The summed E-state index contributed by atoms with van der Waals surface area (Å²) in [4.78, 5) is 32.4. The van der Waals surface area contributed by atoms with E-state index >= 15 is 0 Å². The van der Waals surface area contributed by atoms with Gasteiger partial charge in [0.25, 0.3) is 5.78 Å². The molecule has 0 aliphatic carbocycles. The van der Waals surface area contributed by atoms with Crippen molar-refractivity contribution in [3.05, 3.63) is 135 Å². The number of aromatic nitrogens is 3. The summed E-state index contributed by atoms with van der Waals surface area (Å²) in [6.07, 6.45) is 3.14. The number of aliphatic hydroxyl groups is 1. The zero-order valence-electron chi connectivity index (χ0n) is 23.7. The summed E-state index contributed by atoms with van der Waals surface area (Å²) in [5.41, 5.74) is 3.86. The minimum absolute atomic E-state index is 0.0706. The highest BCUT2D eigenvalue weighted by Crippen LogP contribution is 2.44. The van der Waals surface area contributed by atoms with Crippen LogP contribution in [0, 0.1) is 6.92 Å². The first-order valence-corrected chi connectivity index (χ1v) is 16.2. The summed E-state index contributed by atoms with van der Waals surface area (Å²) in [7, 11) is 0. The molecule has 0 spiro atoms. The van der Waals surface area contributed by atoms with Crippen molar-refractivity contribution in [3.8, 4) is 5.75 Å². The van der Waals surface area contributed by atoms with Crippen LogP contribution < -0.4 is 9.64 Å². The van der Waals surface area contributed by atoms with E-state index in [2.05, 4.69) is 15.2 Å². The first-order valence-electron chi connectivity index (χ1n) is 13.7. The fraction of sp³-hybridized carbons (Fsp3) is 0.121. The van der Waals surface area contributed by atoms with Gasteiger partial charge in [-0.25, -0.2) is 0 Å². The van der Waals surface area contributed by atoms with Crippen LogP contribution in [0.3, 0.4) is 0 Å². The van der Waals surface area contributed by atoms with Gasteiger partial charge in [-0.05, 0) is 66.1 Å². The molecule has 5 aromatic rings. The topological polar surface area (TPSA) is 106 Å². The van der Waals surface area contributed by atoms with Gasteiger partial charge in [-0.1, -0.05) is 88.3 Å². The van der Waals surface area contributed by atoms with Crippen LogP contribution >= 0.6 is 46.3 Å². The number of carbonyl (C=O) groups excluding carboxylic acids is 2. The average molecular weight is 676 g/mol. The van der Waals surface area contributed by atoms with E-state index in [9.17, 15) is 14.7 Å². The molecule has 45 heavy (non-hydrogen) atoms. The van der Waals surface area contributed by atoms with Crippen molar-refractivity contribution >= 4 is 68.9 Å². The lowest BCUT2D eigenvalue weighted by atomic mass is 9.96. The summed E-state index contributed by atoms with van der Waals surface area (Å²) < 4.78 is 6.48. The zero-order chi connectivity index (χ0) is 31.5. The molecule has 1 aliphatic heterocycles. The van der Waals surface area contributed by atoms with Gasteiger partial charge in [0, 0.05) is 33.8 Å². The fourth-order valence-corrected chi connectivity index (χ4v) is 7.28. The Hall–Kier alpha value is -4.22. The Morgan fingerprint density at radius 2 is 1.84 bits per heavy atom. The number of aliphatic hydroxyl groups excluding tert-OH is 1. The summed E-state index contributed by atoms with van der Waals surface area (Å²) >= 11 is 14.9. The molecular formula is C33H24Cl2N4O4S2. The Kier molecular flexibility index (Phi) is 9.18. The summed E-state index contributed by atoms with van der Waals surface area (Å²) in [5.74, 6) is -0.877. The Bertz CT molecular complexity index is 1920. The molecule has 8 nitrogen and oxygen atoms in total. The summed E-state index contributed by atoms with van der Waals surface area (Å²) in [5, 5.41) is 21.2. The number of hydrogen-bond acceptors (Lipinski definition) is 9. The minimum Gasteiger partial charge on any atom is -0.507 e. The Labute approximate surface area is 277 Å². The highest BCUT2D eigenvalue weighted by atomic mass is 35.5. The molecule has 1 amide bonds. The lowest BCUT2D eigenvalue weighted by Gasteiger charge is -2.22. The quantitative estimate of drug-likeness (QED) is 0.0550. The number of nitrogens with zero attached hydrogens (tertiary/aromatic N) is 4. The Morgan fingerprint density at radius 1 is 1.02 bits per heavy atom. The van der Waals surface area contributed by atoms with Crippen LogP contribution in [0.2, 0.25) is 10.0 Å². The zero-order valence-corrected chi connectivity index (χ0v) is 26.8. The highest BCUT2D eigenvalue weighted by Gasteiger charge is 2.48. The molecule has 1 aliphatic rings. The molecule has 226 valence electrons. The molecule has 1 atom stereocenters. The number of thioether (sulfide) groups is 1. The van der Waals surface area contributed by atoms with E-state index in [0.717, 1.165) is 28.0 Å². The maximum atomic E-state index is 13.5. The van der Waals surface area contributed by atoms with Gasteiger partial charge < -0.3 is 9.84 Å². The number of pyridine rings is 1. The number of benzene rings is 3. The van der Waals surface area contributed by atoms with Crippen LogP contribution in [-0.2, 0) is 21.9 Å². The van der Waals surface area contributed by atoms with Gasteiger partial charge in [0.15, 0.2) is 4.34 Å². The van der Waals surface area contributed by atoms with E-state index in [1.54, 1.807) is 60.9 Å². The second-order valence-corrected chi connectivity index (χ2v) is 13.2.